The van der Waals surface area contributed by atoms with Crippen molar-refractivity contribution in [1.29, 1.82) is 0 Å². The molecule has 1 aliphatic heterocycles. The normalized spacial score (nSPS) is 18.1. The molecule has 1 aliphatic rings. The zero-order chi connectivity index (χ0) is 12.5. The number of halogens is 1. The SMILES string of the molecule is O=C1Nc2ncc(Br)cc2CC1c1ccccc1. The predicted molar refractivity (Wildman–Crippen MR) is 73.5 cm³/mol. The zero-order valence-electron chi connectivity index (χ0n) is 9.56. The molecule has 2 aromatic rings. The van der Waals surface area contributed by atoms with Crippen LogP contribution in [0.15, 0.2) is 47.1 Å². The molecule has 1 N–H and O–H groups in total. The molecule has 18 heavy (non-hydrogen) atoms. The molecule has 3 nitrogen and oxygen atoms in total. The topological polar surface area (TPSA) is 42.0 Å². The van der Waals surface area contributed by atoms with Gasteiger partial charge in [0.25, 0.3) is 0 Å². The molecule has 90 valence electrons. The Morgan fingerprint density at radius 1 is 1.28 bits per heavy atom. The summed E-state index contributed by atoms with van der Waals surface area (Å²) in [6, 6.07) is 11.9. The van der Waals surface area contributed by atoms with E-state index in [-0.39, 0.29) is 11.8 Å². The largest absolute Gasteiger partial charge is 0.310 e. The van der Waals surface area contributed by atoms with Gasteiger partial charge >= 0.3 is 0 Å². The lowest BCUT2D eigenvalue weighted by Crippen LogP contribution is -2.28. The minimum atomic E-state index is -0.130. The highest BCUT2D eigenvalue weighted by Gasteiger charge is 2.28. The molecule has 0 bridgehead atoms. The van der Waals surface area contributed by atoms with E-state index in [1.807, 2.05) is 36.4 Å². The monoisotopic (exact) mass is 302 g/mol. The lowest BCUT2D eigenvalue weighted by Gasteiger charge is -2.24. The summed E-state index contributed by atoms with van der Waals surface area (Å²) >= 11 is 3.41. The van der Waals surface area contributed by atoms with Gasteiger partial charge in [0.2, 0.25) is 5.91 Å². The molecule has 1 aromatic heterocycles. The van der Waals surface area contributed by atoms with Gasteiger partial charge in [-0.25, -0.2) is 4.98 Å². The molecule has 3 rings (SSSR count). The number of benzene rings is 1. The highest BCUT2D eigenvalue weighted by atomic mass is 79.9. The van der Waals surface area contributed by atoms with Gasteiger partial charge in [0.05, 0.1) is 5.92 Å². The quantitative estimate of drug-likeness (QED) is 0.879. The summed E-state index contributed by atoms with van der Waals surface area (Å²) < 4.78 is 0.934. The van der Waals surface area contributed by atoms with Crippen molar-refractivity contribution in [2.45, 2.75) is 12.3 Å². The number of hydrogen-bond acceptors (Lipinski definition) is 2. The van der Waals surface area contributed by atoms with Gasteiger partial charge < -0.3 is 5.32 Å². The molecule has 0 fully saturated rings. The summed E-state index contributed by atoms with van der Waals surface area (Å²) in [4.78, 5) is 16.3. The van der Waals surface area contributed by atoms with Gasteiger partial charge in [0.15, 0.2) is 0 Å². The molecule has 0 saturated heterocycles. The molecule has 4 heteroatoms. The van der Waals surface area contributed by atoms with Crippen LogP contribution in [-0.2, 0) is 11.2 Å². The van der Waals surface area contributed by atoms with E-state index >= 15 is 0 Å². The number of carbonyl (C=O) groups is 1. The van der Waals surface area contributed by atoms with Gasteiger partial charge in [0.1, 0.15) is 5.82 Å². The number of amides is 1. The summed E-state index contributed by atoms with van der Waals surface area (Å²) in [5.41, 5.74) is 2.11. The molecule has 1 atom stereocenters. The minimum Gasteiger partial charge on any atom is -0.310 e. The maximum Gasteiger partial charge on any atom is 0.233 e. The van der Waals surface area contributed by atoms with E-state index in [0.29, 0.717) is 12.2 Å². The van der Waals surface area contributed by atoms with E-state index in [1.165, 1.54) is 0 Å². The molecule has 0 aliphatic carbocycles. The van der Waals surface area contributed by atoms with E-state index in [9.17, 15) is 4.79 Å². The average Bonchev–Trinajstić information content (AvgIpc) is 2.39. The van der Waals surface area contributed by atoms with E-state index < -0.39 is 0 Å². The van der Waals surface area contributed by atoms with Gasteiger partial charge in [-0.1, -0.05) is 30.3 Å². The molecule has 1 amide bonds. The number of nitrogens with zero attached hydrogens (tertiary/aromatic N) is 1. The van der Waals surface area contributed by atoms with E-state index in [2.05, 4.69) is 26.2 Å². The second kappa shape index (κ2) is 4.53. The zero-order valence-corrected chi connectivity index (χ0v) is 11.1. The van der Waals surface area contributed by atoms with Crippen molar-refractivity contribution in [3.63, 3.8) is 0 Å². The van der Waals surface area contributed by atoms with Crippen LogP contribution >= 0.6 is 15.9 Å². The molecule has 1 aromatic carbocycles. The average molecular weight is 303 g/mol. The first-order valence-electron chi connectivity index (χ1n) is 5.74. The first-order valence-corrected chi connectivity index (χ1v) is 6.53. The van der Waals surface area contributed by atoms with Crippen LogP contribution in [0.5, 0.6) is 0 Å². The van der Waals surface area contributed by atoms with Crippen LogP contribution < -0.4 is 5.32 Å². The Kier molecular flexibility index (Phi) is 2.88. The van der Waals surface area contributed by atoms with Crippen molar-refractivity contribution in [3.8, 4) is 0 Å². The third-order valence-corrected chi connectivity index (χ3v) is 3.55. The first kappa shape index (κ1) is 11.4. The summed E-state index contributed by atoms with van der Waals surface area (Å²) in [5, 5.41) is 2.86. The standard InChI is InChI=1S/C14H11BrN2O/c15-11-6-10-7-12(9-4-2-1-3-5-9)14(18)17-13(10)16-8-11/h1-6,8,12H,7H2,(H,16,17,18). The highest BCUT2D eigenvalue weighted by Crippen LogP contribution is 2.31. The smallest absolute Gasteiger partial charge is 0.233 e. The maximum absolute atomic E-state index is 12.1. The number of rotatable bonds is 1. The second-order valence-corrected chi connectivity index (χ2v) is 5.23. The Bertz CT molecular complexity index is 598. The number of fused-ring (bicyclic) bond motifs is 1. The molecule has 1 unspecified atom stereocenters. The number of carbonyl (C=O) groups excluding carboxylic acids is 1. The fraction of sp³-hybridized carbons (Fsp3) is 0.143. The van der Waals surface area contributed by atoms with Crippen LogP contribution in [0.4, 0.5) is 5.82 Å². The van der Waals surface area contributed by atoms with Crippen LogP contribution in [0, 0.1) is 0 Å². The van der Waals surface area contributed by atoms with Gasteiger partial charge in [-0.15, -0.1) is 0 Å². The molecule has 0 spiro atoms. The Labute approximate surface area is 113 Å². The Hall–Kier alpha value is -1.68. The lowest BCUT2D eigenvalue weighted by atomic mass is 9.89. The summed E-state index contributed by atoms with van der Waals surface area (Å²) in [6.07, 6.45) is 2.39. The molecular weight excluding hydrogens is 292 g/mol. The Balaban J connectivity index is 1.99. The summed E-state index contributed by atoms with van der Waals surface area (Å²) in [5.74, 6) is 0.564. The first-order chi connectivity index (χ1) is 8.74. The van der Waals surface area contributed by atoms with E-state index in [4.69, 9.17) is 0 Å². The molecule has 0 saturated carbocycles. The summed E-state index contributed by atoms with van der Waals surface area (Å²) in [7, 11) is 0. The third-order valence-electron chi connectivity index (χ3n) is 3.12. The van der Waals surface area contributed by atoms with Crippen molar-refractivity contribution in [2.24, 2.45) is 0 Å². The van der Waals surface area contributed by atoms with Crippen LogP contribution in [0.2, 0.25) is 0 Å². The second-order valence-electron chi connectivity index (χ2n) is 4.32. The van der Waals surface area contributed by atoms with Crippen molar-refractivity contribution in [2.75, 3.05) is 5.32 Å². The fourth-order valence-electron chi connectivity index (χ4n) is 2.22. The Morgan fingerprint density at radius 3 is 2.83 bits per heavy atom. The van der Waals surface area contributed by atoms with Crippen molar-refractivity contribution >= 4 is 27.7 Å². The van der Waals surface area contributed by atoms with Crippen LogP contribution in [0.25, 0.3) is 0 Å². The number of nitrogens with one attached hydrogen (secondary N) is 1. The van der Waals surface area contributed by atoms with Crippen molar-refractivity contribution in [1.82, 2.24) is 4.98 Å². The third kappa shape index (κ3) is 2.04. The van der Waals surface area contributed by atoms with Crippen LogP contribution in [-0.4, -0.2) is 10.9 Å². The fourth-order valence-corrected chi connectivity index (χ4v) is 2.60. The van der Waals surface area contributed by atoms with Crippen LogP contribution in [0.1, 0.15) is 17.0 Å². The van der Waals surface area contributed by atoms with Gasteiger partial charge in [0, 0.05) is 10.7 Å². The Morgan fingerprint density at radius 2 is 2.06 bits per heavy atom. The minimum absolute atomic E-state index is 0.0172. The maximum atomic E-state index is 12.1. The number of anilines is 1. The van der Waals surface area contributed by atoms with Crippen molar-refractivity contribution in [3.05, 3.63) is 58.2 Å². The van der Waals surface area contributed by atoms with Crippen molar-refractivity contribution < 1.29 is 4.79 Å². The number of hydrogen-bond donors (Lipinski definition) is 1. The summed E-state index contributed by atoms with van der Waals surface area (Å²) in [6.45, 7) is 0. The van der Waals surface area contributed by atoms with E-state index in [0.717, 1.165) is 15.6 Å². The highest BCUT2D eigenvalue weighted by molar-refractivity contribution is 9.10. The predicted octanol–water partition coefficient (Wildman–Crippen LogP) is 3.12. The lowest BCUT2D eigenvalue weighted by molar-refractivity contribution is -0.117. The van der Waals surface area contributed by atoms with Gasteiger partial charge in [-0.3, -0.25) is 4.79 Å². The molecule has 0 radical (unpaired) electrons. The van der Waals surface area contributed by atoms with Gasteiger partial charge in [-0.2, -0.15) is 0 Å². The van der Waals surface area contributed by atoms with Crippen LogP contribution in [0.3, 0.4) is 0 Å². The molecular formula is C14H11BrN2O. The molecule has 2 heterocycles. The van der Waals surface area contributed by atoms with Gasteiger partial charge in [-0.05, 0) is 39.5 Å². The number of pyridine rings is 1. The van der Waals surface area contributed by atoms with E-state index in [1.54, 1.807) is 6.20 Å². The number of aromatic nitrogens is 1.